The molecule has 3 fully saturated rings. The molecule has 224 valence electrons. The van der Waals surface area contributed by atoms with Crippen molar-refractivity contribution in [3.63, 3.8) is 0 Å². The first-order chi connectivity index (χ1) is 19.7. The number of allylic oxidation sites excluding steroid dienone is 1. The van der Waals surface area contributed by atoms with Crippen LogP contribution in [0.4, 0.5) is 5.69 Å². The molecule has 2 amide bonds. The molecule has 1 aromatic carbocycles. The van der Waals surface area contributed by atoms with Gasteiger partial charge in [-0.3, -0.25) is 14.4 Å². The number of likely N-dealkylation sites (tertiary alicyclic amines) is 1. The second-order valence-corrected chi connectivity index (χ2v) is 13.9. The number of anilines is 1. The van der Waals surface area contributed by atoms with Gasteiger partial charge in [0.15, 0.2) is 0 Å². The van der Waals surface area contributed by atoms with E-state index in [0.29, 0.717) is 32.5 Å². The number of nitrogens with zero attached hydrogens (tertiary/aromatic N) is 2. The van der Waals surface area contributed by atoms with Gasteiger partial charge in [0.05, 0.1) is 23.2 Å². The number of unbranched alkanes of at least 4 members (excludes halogenated alkanes) is 4. The van der Waals surface area contributed by atoms with Crippen LogP contribution in [-0.2, 0) is 19.1 Å². The van der Waals surface area contributed by atoms with Crippen LogP contribution in [0.2, 0.25) is 0 Å². The summed E-state index contributed by atoms with van der Waals surface area (Å²) >= 11 is 1.68. The van der Waals surface area contributed by atoms with E-state index in [0.717, 1.165) is 55.3 Å². The highest BCUT2D eigenvalue weighted by molar-refractivity contribution is 8.02. The van der Waals surface area contributed by atoms with E-state index in [1.165, 1.54) is 0 Å². The maximum absolute atomic E-state index is 14.8. The fourth-order valence-electron chi connectivity index (χ4n) is 7.34. The SMILES string of the molecule is C=CCCCOC(=O)[C@H]1[C@H]2C(=O)N(CCCCCCO)C(C(=O)N(CC=C)c3c(C)cccc3C)C23CC[C@]1(C)S3. The molecule has 3 heterocycles. The van der Waals surface area contributed by atoms with Crippen LogP contribution >= 0.6 is 11.8 Å². The zero-order valence-electron chi connectivity index (χ0n) is 24.9. The average molecular weight is 583 g/mol. The van der Waals surface area contributed by atoms with E-state index in [4.69, 9.17) is 4.74 Å². The van der Waals surface area contributed by atoms with Crippen molar-refractivity contribution in [3.05, 3.63) is 54.6 Å². The number of para-hydroxylation sites is 1. The second-order valence-electron chi connectivity index (χ2n) is 12.0. The Morgan fingerprint density at radius 3 is 2.49 bits per heavy atom. The molecule has 0 radical (unpaired) electrons. The molecule has 0 aliphatic carbocycles. The van der Waals surface area contributed by atoms with Gasteiger partial charge in [-0.1, -0.05) is 43.2 Å². The molecule has 2 unspecified atom stereocenters. The molecular weight excluding hydrogens is 536 g/mol. The van der Waals surface area contributed by atoms with E-state index in [9.17, 15) is 19.5 Å². The molecule has 1 aromatic rings. The summed E-state index contributed by atoms with van der Waals surface area (Å²) in [4.78, 5) is 46.3. The Bertz CT molecular complexity index is 1150. The van der Waals surface area contributed by atoms with Crippen molar-refractivity contribution in [2.75, 3.05) is 31.2 Å². The van der Waals surface area contributed by atoms with Gasteiger partial charge in [-0.2, -0.15) is 0 Å². The van der Waals surface area contributed by atoms with Gasteiger partial charge in [-0.15, -0.1) is 24.9 Å². The molecule has 8 heteroatoms. The van der Waals surface area contributed by atoms with Gasteiger partial charge in [-0.25, -0.2) is 0 Å². The van der Waals surface area contributed by atoms with E-state index >= 15 is 0 Å². The van der Waals surface area contributed by atoms with E-state index in [1.807, 2.05) is 32.0 Å². The van der Waals surface area contributed by atoms with Gasteiger partial charge < -0.3 is 19.6 Å². The van der Waals surface area contributed by atoms with Crippen LogP contribution in [0.5, 0.6) is 0 Å². The summed E-state index contributed by atoms with van der Waals surface area (Å²) in [6, 6.07) is 5.31. The van der Waals surface area contributed by atoms with E-state index in [2.05, 4.69) is 20.1 Å². The minimum absolute atomic E-state index is 0.102. The number of amides is 2. The van der Waals surface area contributed by atoms with E-state index in [-0.39, 0.29) is 24.4 Å². The maximum atomic E-state index is 14.8. The van der Waals surface area contributed by atoms with Gasteiger partial charge in [0.2, 0.25) is 5.91 Å². The third-order valence-corrected chi connectivity index (χ3v) is 11.1. The highest BCUT2D eigenvalue weighted by Gasteiger charge is 2.77. The van der Waals surface area contributed by atoms with Crippen LogP contribution in [-0.4, -0.2) is 69.6 Å². The first kappa shape index (κ1) is 31.4. The van der Waals surface area contributed by atoms with E-state index in [1.54, 1.807) is 33.7 Å². The van der Waals surface area contributed by atoms with Gasteiger partial charge in [0, 0.05) is 30.1 Å². The molecular formula is C33H46N2O5S. The van der Waals surface area contributed by atoms with Crippen LogP contribution in [0, 0.1) is 25.7 Å². The number of rotatable bonds is 15. The Labute approximate surface area is 249 Å². The molecule has 0 aromatic heterocycles. The Kier molecular flexibility index (Phi) is 10.1. The Balaban J connectivity index is 1.72. The number of hydrogen-bond donors (Lipinski definition) is 1. The van der Waals surface area contributed by atoms with Crippen molar-refractivity contribution in [3.8, 4) is 0 Å². The lowest BCUT2D eigenvalue weighted by Crippen LogP contribution is -2.55. The Hall–Kier alpha value is -2.58. The Morgan fingerprint density at radius 1 is 1.12 bits per heavy atom. The van der Waals surface area contributed by atoms with Gasteiger partial charge >= 0.3 is 5.97 Å². The number of aryl methyl sites for hydroxylation is 2. The molecule has 2 bridgehead atoms. The number of hydrogen-bond acceptors (Lipinski definition) is 6. The molecule has 3 aliphatic heterocycles. The van der Waals surface area contributed by atoms with Crippen molar-refractivity contribution in [1.29, 1.82) is 0 Å². The lowest BCUT2D eigenvalue weighted by Gasteiger charge is -2.38. The van der Waals surface area contributed by atoms with Gasteiger partial charge in [0.1, 0.15) is 6.04 Å². The summed E-state index contributed by atoms with van der Waals surface area (Å²) in [5.41, 5.74) is 2.84. The van der Waals surface area contributed by atoms with E-state index < -0.39 is 27.4 Å². The number of aliphatic hydroxyl groups excluding tert-OH is 1. The number of carbonyl (C=O) groups excluding carboxylic acids is 3. The molecule has 1 N–H and O–H groups in total. The number of carbonyl (C=O) groups is 3. The maximum Gasteiger partial charge on any atom is 0.311 e. The lowest BCUT2D eigenvalue weighted by atomic mass is 9.66. The molecule has 7 nitrogen and oxygen atoms in total. The molecule has 0 saturated carbocycles. The van der Waals surface area contributed by atoms with Gasteiger partial charge in [0.25, 0.3) is 5.91 Å². The van der Waals surface area contributed by atoms with Crippen molar-refractivity contribution < 1.29 is 24.2 Å². The third-order valence-electron chi connectivity index (χ3n) is 9.16. The summed E-state index contributed by atoms with van der Waals surface area (Å²) in [5, 5.41) is 9.20. The topological polar surface area (TPSA) is 87.1 Å². The molecule has 5 atom stereocenters. The van der Waals surface area contributed by atoms with Crippen LogP contribution in [0.25, 0.3) is 0 Å². The zero-order chi connectivity index (χ0) is 29.8. The van der Waals surface area contributed by atoms with Crippen LogP contribution in [0.15, 0.2) is 43.5 Å². The largest absolute Gasteiger partial charge is 0.465 e. The number of esters is 1. The minimum atomic E-state index is -0.686. The van der Waals surface area contributed by atoms with Crippen molar-refractivity contribution in [1.82, 2.24) is 4.90 Å². The molecule has 41 heavy (non-hydrogen) atoms. The first-order valence-electron chi connectivity index (χ1n) is 15.0. The highest BCUT2D eigenvalue weighted by Crippen LogP contribution is 2.71. The summed E-state index contributed by atoms with van der Waals surface area (Å²) < 4.78 is 4.60. The number of aliphatic hydroxyl groups is 1. The van der Waals surface area contributed by atoms with Crippen LogP contribution in [0.3, 0.4) is 0 Å². The normalized spacial score (nSPS) is 28.0. The smallest absolute Gasteiger partial charge is 0.311 e. The van der Waals surface area contributed by atoms with Crippen LogP contribution < -0.4 is 4.90 Å². The van der Waals surface area contributed by atoms with Crippen molar-refractivity contribution in [2.24, 2.45) is 11.8 Å². The standard InChI is InChI=1S/C33H46N2O5S/c1-6-8-13-22-40-31(39)26-25-29(37)35(20-11-9-10-12-21-36)28(33(25)18-17-32(26,5)41-33)30(38)34(19-7-2)27-23(3)15-14-16-24(27)4/h6-7,14-16,25-26,28,36H,1-2,8-13,17-22H2,3-5H3/t25-,26+,28?,32-,33?/m0/s1. The van der Waals surface area contributed by atoms with Crippen molar-refractivity contribution in [2.45, 2.75) is 87.7 Å². The number of thioether (sulfide) groups is 1. The molecule has 3 aliphatic rings. The fraction of sp³-hybridized carbons (Fsp3) is 0.606. The fourth-order valence-corrected chi connectivity index (χ4v) is 9.68. The van der Waals surface area contributed by atoms with Gasteiger partial charge in [-0.05, 0) is 70.4 Å². The zero-order valence-corrected chi connectivity index (χ0v) is 25.7. The quantitative estimate of drug-likeness (QED) is 0.170. The third kappa shape index (κ3) is 5.74. The molecule has 3 saturated heterocycles. The minimum Gasteiger partial charge on any atom is -0.465 e. The summed E-state index contributed by atoms with van der Waals surface area (Å²) in [6.45, 7) is 15.0. The number of benzene rings is 1. The summed E-state index contributed by atoms with van der Waals surface area (Å²) in [7, 11) is 0. The predicted octanol–water partition coefficient (Wildman–Crippen LogP) is 5.37. The first-order valence-corrected chi connectivity index (χ1v) is 15.9. The monoisotopic (exact) mass is 582 g/mol. The lowest BCUT2D eigenvalue weighted by molar-refractivity contribution is -0.155. The molecule has 4 rings (SSSR count). The summed E-state index contributed by atoms with van der Waals surface area (Å²) in [5.74, 6) is -1.70. The Morgan fingerprint density at radius 2 is 1.83 bits per heavy atom. The second kappa shape index (κ2) is 13.2. The number of fused-ring (bicyclic) bond motifs is 1. The summed E-state index contributed by atoms with van der Waals surface area (Å²) in [6.07, 6.45) is 9.63. The highest BCUT2D eigenvalue weighted by atomic mass is 32.2. The number of ether oxygens (including phenoxy) is 1. The van der Waals surface area contributed by atoms with Crippen molar-refractivity contribution >= 4 is 35.2 Å². The van der Waals surface area contributed by atoms with Crippen LogP contribution in [0.1, 0.15) is 69.4 Å². The average Bonchev–Trinajstić information content (AvgIpc) is 3.50. The predicted molar refractivity (Wildman–Crippen MR) is 165 cm³/mol. The molecule has 1 spiro atoms.